The van der Waals surface area contributed by atoms with Gasteiger partial charge in [-0.25, -0.2) is 0 Å². The molecule has 0 saturated carbocycles. The summed E-state index contributed by atoms with van der Waals surface area (Å²) in [7, 11) is 1.42. The van der Waals surface area contributed by atoms with E-state index in [4.69, 9.17) is 4.74 Å². The van der Waals surface area contributed by atoms with Crippen LogP contribution in [-0.4, -0.2) is 83.2 Å². The zero-order valence-corrected chi connectivity index (χ0v) is 28.6. The first kappa shape index (κ1) is 35.2. The van der Waals surface area contributed by atoms with Crippen LogP contribution in [0.15, 0.2) is 54.9 Å². The average molecular weight is 669 g/mol. The van der Waals surface area contributed by atoms with Gasteiger partial charge in [-0.1, -0.05) is 32.0 Å². The molecule has 2 aromatic carbocycles. The Kier molecular flexibility index (Phi) is 10.5. The lowest BCUT2D eigenvalue weighted by Gasteiger charge is -2.32. The van der Waals surface area contributed by atoms with Gasteiger partial charge >= 0.3 is 0 Å². The maximum Gasteiger partial charge on any atom is 0.264 e. The predicted octanol–water partition coefficient (Wildman–Crippen LogP) is 4.39. The van der Waals surface area contributed by atoms with Gasteiger partial charge < -0.3 is 30.5 Å². The second-order valence-corrected chi connectivity index (χ2v) is 13.9. The molecule has 0 radical (unpaired) electrons. The van der Waals surface area contributed by atoms with Crippen molar-refractivity contribution < 1.29 is 28.7 Å². The molecule has 0 aliphatic carbocycles. The molecule has 49 heavy (non-hydrogen) atoms. The Hall–Kier alpha value is -5.10. The van der Waals surface area contributed by atoms with Crippen LogP contribution in [0.3, 0.4) is 0 Å². The van der Waals surface area contributed by atoms with Gasteiger partial charge in [0.2, 0.25) is 11.8 Å². The SMILES string of the molecule is CNC(=O)C(CCC=O)N1C(=O)c2cccc(NCC(C)(C)OCC(C)(C)CNC(=O)CCc3ccc4c(c3)[nH]c3ccncc34)c2C1=O. The number of pyridine rings is 1. The number of rotatable bonds is 16. The first-order valence-electron chi connectivity index (χ1n) is 16.5. The lowest BCUT2D eigenvalue weighted by Crippen LogP contribution is -2.48. The third-order valence-electron chi connectivity index (χ3n) is 8.79. The number of H-pyrrole nitrogens is 1. The Morgan fingerprint density at radius 3 is 2.57 bits per heavy atom. The number of imide groups is 1. The summed E-state index contributed by atoms with van der Waals surface area (Å²) in [5.41, 5.74) is 2.92. The second kappa shape index (κ2) is 14.6. The van der Waals surface area contributed by atoms with Crippen LogP contribution in [0, 0.1) is 5.41 Å². The minimum Gasteiger partial charge on any atom is -0.381 e. The maximum absolute atomic E-state index is 13.5. The van der Waals surface area contributed by atoms with E-state index in [2.05, 4.69) is 44.1 Å². The molecule has 5 rings (SSSR count). The summed E-state index contributed by atoms with van der Waals surface area (Å²) >= 11 is 0. The van der Waals surface area contributed by atoms with Crippen molar-refractivity contribution in [2.75, 3.05) is 32.1 Å². The van der Waals surface area contributed by atoms with Crippen LogP contribution in [0.1, 0.15) is 73.2 Å². The van der Waals surface area contributed by atoms with Crippen molar-refractivity contribution in [1.82, 2.24) is 25.5 Å². The molecule has 0 spiro atoms. The molecule has 0 saturated heterocycles. The van der Waals surface area contributed by atoms with Gasteiger partial charge in [0, 0.05) is 78.3 Å². The molecule has 1 atom stereocenters. The number of anilines is 1. The Morgan fingerprint density at radius 2 is 1.82 bits per heavy atom. The zero-order valence-electron chi connectivity index (χ0n) is 28.6. The Labute approximate surface area is 285 Å². The van der Waals surface area contributed by atoms with E-state index in [9.17, 15) is 24.0 Å². The largest absolute Gasteiger partial charge is 0.381 e. The maximum atomic E-state index is 13.5. The van der Waals surface area contributed by atoms with Crippen molar-refractivity contribution in [2.24, 2.45) is 5.41 Å². The van der Waals surface area contributed by atoms with E-state index < -0.39 is 29.4 Å². The van der Waals surface area contributed by atoms with E-state index in [1.54, 1.807) is 24.4 Å². The quantitative estimate of drug-likeness (QED) is 0.101. The van der Waals surface area contributed by atoms with E-state index in [1.807, 2.05) is 40.0 Å². The number of nitrogens with zero attached hydrogens (tertiary/aromatic N) is 2. The number of likely N-dealkylation sites (N-methyl/N-ethyl adjacent to an activating group) is 1. The first-order valence-corrected chi connectivity index (χ1v) is 16.5. The van der Waals surface area contributed by atoms with Gasteiger partial charge in [0.1, 0.15) is 12.3 Å². The smallest absolute Gasteiger partial charge is 0.264 e. The highest BCUT2D eigenvalue weighted by Crippen LogP contribution is 2.32. The third-order valence-corrected chi connectivity index (χ3v) is 8.79. The molecular formula is C37H44N6O6. The predicted molar refractivity (Wildman–Crippen MR) is 187 cm³/mol. The molecule has 0 bridgehead atoms. The molecular weight excluding hydrogens is 624 g/mol. The normalized spacial score (nSPS) is 13.9. The molecule has 1 aliphatic rings. The van der Waals surface area contributed by atoms with Crippen molar-refractivity contribution in [1.29, 1.82) is 0 Å². The van der Waals surface area contributed by atoms with Crippen LogP contribution in [0.4, 0.5) is 5.69 Å². The highest BCUT2D eigenvalue weighted by atomic mass is 16.5. The number of aldehydes is 1. The number of hydrogen-bond donors (Lipinski definition) is 4. The number of hydrogen-bond acceptors (Lipinski definition) is 8. The Morgan fingerprint density at radius 1 is 1.02 bits per heavy atom. The number of ether oxygens (including phenoxy) is 1. The molecule has 2 aromatic heterocycles. The van der Waals surface area contributed by atoms with Crippen LogP contribution in [-0.2, 0) is 25.5 Å². The third kappa shape index (κ3) is 7.97. The van der Waals surface area contributed by atoms with Gasteiger partial charge in [0.25, 0.3) is 11.8 Å². The molecule has 4 amide bonds. The summed E-state index contributed by atoms with van der Waals surface area (Å²) in [5, 5.41) is 11.0. The zero-order chi connectivity index (χ0) is 35.3. The number of aromatic nitrogens is 2. The standard InChI is InChI=1S/C37H44N6O6/c1-36(2,20-41-31(45)14-12-23-11-13-24-26-19-39-16-15-27(26)42-29(24)18-23)22-49-37(3,4)21-40-28-9-6-8-25-32(28)35(48)43(34(25)47)30(10-7-17-44)33(46)38-5/h6,8-9,11,13,15-19,30,40,42H,7,10,12,14,20-22H2,1-5H3,(H,38,46)(H,41,45). The fourth-order valence-electron chi connectivity index (χ4n) is 5.94. The van der Waals surface area contributed by atoms with E-state index in [0.29, 0.717) is 44.5 Å². The van der Waals surface area contributed by atoms with Crippen molar-refractivity contribution >= 4 is 57.4 Å². The van der Waals surface area contributed by atoms with E-state index in [1.165, 1.54) is 7.05 Å². The molecule has 12 nitrogen and oxygen atoms in total. The van der Waals surface area contributed by atoms with Crippen molar-refractivity contribution in [3.8, 4) is 0 Å². The minimum absolute atomic E-state index is 0.0314. The molecule has 4 aromatic rings. The Balaban J connectivity index is 1.12. The summed E-state index contributed by atoms with van der Waals surface area (Å²) < 4.78 is 6.29. The molecule has 12 heteroatoms. The topological polar surface area (TPSA) is 163 Å². The van der Waals surface area contributed by atoms with Crippen LogP contribution < -0.4 is 16.0 Å². The molecule has 0 fully saturated rings. The van der Waals surface area contributed by atoms with Crippen molar-refractivity contribution in [3.63, 3.8) is 0 Å². The van der Waals surface area contributed by atoms with Gasteiger partial charge in [-0.2, -0.15) is 0 Å². The number of amides is 4. The fraction of sp³-hybridized carbons (Fsp3) is 0.405. The summed E-state index contributed by atoms with van der Waals surface area (Å²) in [5.74, 6) is -1.71. The van der Waals surface area contributed by atoms with Gasteiger partial charge in [0.05, 0.1) is 23.3 Å². The number of nitrogens with one attached hydrogen (secondary N) is 4. The molecule has 1 unspecified atom stereocenters. The molecule has 1 aliphatic heterocycles. The second-order valence-electron chi connectivity index (χ2n) is 13.9. The monoisotopic (exact) mass is 668 g/mol. The highest BCUT2D eigenvalue weighted by Gasteiger charge is 2.43. The number of aryl methyl sites for hydroxylation is 1. The van der Waals surface area contributed by atoms with Gasteiger partial charge in [-0.05, 0) is 56.5 Å². The summed E-state index contributed by atoms with van der Waals surface area (Å²) in [6, 6.07) is 12.0. The molecule has 4 N–H and O–H groups in total. The van der Waals surface area contributed by atoms with Crippen LogP contribution in [0.2, 0.25) is 0 Å². The summed E-state index contributed by atoms with van der Waals surface area (Å²) in [6.45, 7) is 8.97. The van der Waals surface area contributed by atoms with Crippen molar-refractivity contribution in [2.45, 2.75) is 65.0 Å². The summed E-state index contributed by atoms with van der Waals surface area (Å²) in [6.07, 6.45) is 5.32. The van der Waals surface area contributed by atoms with Gasteiger partial charge in [0.15, 0.2) is 0 Å². The van der Waals surface area contributed by atoms with Gasteiger partial charge in [-0.3, -0.25) is 29.1 Å². The minimum atomic E-state index is -1.09. The van der Waals surface area contributed by atoms with E-state index in [0.717, 1.165) is 32.3 Å². The lowest BCUT2D eigenvalue weighted by atomic mass is 9.94. The van der Waals surface area contributed by atoms with Crippen molar-refractivity contribution in [3.05, 3.63) is 71.5 Å². The van der Waals surface area contributed by atoms with E-state index >= 15 is 0 Å². The van der Waals surface area contributed by atoms with Crippen LogP contribution >= 0.6 is 0 Å². The lowest BCUT2D eigenvalue weighted by molar-refractivity contribution is -0.125. The number of carbonyl (C=O) groups is 5. The Bertz CT molecular complexity index is 1900. The fourth-order valence-corrected chi connectivity index (χ4v) is 5.94. The highest BCUT2D eigenvalue weighted by molar-refractivity contribution is 6.25. The first-order chi connectivity index (χ1) is 23.3. The number of fused-ring (bicyclic) bond motifs is 4. The number of aromatic amines is 1. The molecule has 258 valence electrons. The van der Waals surface area contributed by atoms with Gasteiger partial charge in [-0.15, -0.1) is 0 Å². The average Bonchev–Trinajstić information content (AvgIpc) is 3.58. The molecule has 3 heterocycles. The summed E-state index contributed by atoms with van der Waals surface area (Å²) in [4.78, 5) is 71.6. The van der Waals surface area contributed by atoms with Crippen LogP contribution in [0.25, 0.3) is 21.8 Å². The number of benzene rings is 2. The van der Waals surface area contributed by atoms with Crippen LogP contribution in [0.5, 0.6) is 0 Å². The van der Waals surface area contributed by atoms with E-state index in [-0.39, 0.29) is 35.3 Å². The number of carbonyl (C=O) groups excluding carboxylic acids is 5.